The molecule has 4 nitrogen and oxygen atoms in total. The van der Waals surface area contributed by atoms with Gasteiger partial charge < -0.3 is 10.1 Å². The molecule has 3 aromatic rings. The first kappa shape index (κ1) is 12.1. The molecule has 3 aromatic heterocycles. The minimum Gasteiger partial charge on any atom is -0.330 e. The maximum Gasteiger partial charge on any atom is 0.156 e. The summed E-state index contributed by atoms with van der Waals surface area (Å²) in [5.74, 6) is 0. The molecule has 0 atom stereocenters. The summed E-state index contributed by atoms with van der Waals surface area (Å²) in [5, 5.41) is 0.640. The number of pyridine rings is 2. The van der Waals surface area contributed by atoms with Gasteiger partial charge in [-0.3, -0.25) is 4.98 Å². The van der Waals surface area contributed by atoms with Crippen molar-refractivity contribution >= 4 is 17.2 Å². The Kier molecular flexibility index (Phi) is 3.19. The van der Waals surface area contributed by atoms with Gasteiger partial charge in [0.2, 0.25) is 0 Å². The number of nitrogens with zero attached hydrogens (tertiary/aromatic N) is 3. The van der Waals surface area contributed by atoms with Crippen molar-refractivity contribution in [1.82, 2.24) is 14.4 Å². The molecule has 0 aliphatic carbocycles. The van der Waals surface area contributed by atoms with E-state index in [0.717, 1.165) is 29.0 Å². The SMILES string of the molecule is NCCc1c(-c2ccncc2)nc2c(Cl)cccn12. The number of fused-ring (bicyclic) bond motifs is 1. The predicted octanol–water partition coefficient (Wildman–Crippen LogP) is 2.55. The molecule has 5 heteroatoms. The molecule has 3 rings (SSSR count). The highest BCUT2D eigenvalue weighted by Gasteiger charge is 2.14. The fourth-order valence-electron chi connectivity index (χ4n) is 2.20. The van der Waals surface area contributed by atoms with Gasteiger partial charge in [0, 0.05) is 30.6 Å². The van der Waals surface area contributed by atoms with Gasteiger partial charge in [-0.15, -0.1) is 0 Å². The highest BCUT2D eigenvalue weighted by molar-refractivity contribution is 6.33. The third-order valence-electron chi connectivity index (χ3n) is 3.04. The van der Waals surface area contributed by atoms with E-state index in [1.807, 2.05) is 34.9 Å². The summed E-state index contributed by atoms with van der Waals surface area (Å²) in [6.07, 6.45) is 6.23. The van der Waals surface area contributed by atoms with E-state index in [0.29, 0.717) is 11.6 Å². The Morgan fingerprint density at radius 3 is 2.74 bits per heavy atom. The van der Waals surface area contributed by atoms with Crippen LogP contribution < -0.4 is 5.73 Å². The van der Waals surface area contributed by atoms with Gasteiger partial charge in [0.1, 0.15) is 0 Å². The van der Waals surface area contributed by atoms with Crippen molar-refractivity contribution < 1.29 is 0 Å². The topological polar surface area (TPSA) is 56.2 Å². The number of halogens is 1. The summed E-state index contributed by atoms with van der Waals surface area (Å²) in [7, 11) is 0. The third-order valence-corrected chi connectivity index (χ3v) is 3.33. The van der Waals surface area contributed by atoms with Crippen molar-refractivity contribution in [2.75, 3.05) is 6.54 Å². The highest BCUT2D eigenvalue weighted by Crippen LogP contribution is 2.27. The number of imidazole rings is 1. The zero-order chi connectivity index (χ0) is 13.2. The average Bonchev–Trinajstić information content (AvgIpc) is 2.81. The zero-order valence-corrected chi connectivity index (χ0v) is 11.0. The Morgan fingerprint density at radius 1 is 1.21 bits per heavy atom. The molecule has 0 saturated heterocycles. The largest absolute Gasteiger partial charge is 0.330 e. The van der Waals surface area contributed by atoms with Gasteiger partial charge in [-0.2, -0.15) is 0 Å². The normalized spacial score (nSPS) is 11.1. The van der Waals surface area contributed by atoms with Crippen LogP contribution in [0.3, 0.4) is 0 Å². The lowest BCUT2D eigenvalue weighted by atomic mass is 10.1. The highest BCUT2D eigenvalue weighted by atomic mass is 35.5. The Balaban J connectivity index is 2.29. The molecule has 0 aromatic carbocycles. The lowest BCUT2D eigenvalue weighted by Gasteiger charge is -2.03. The quantitative estimate of drug-likeness (QED) is 0.797. The molecule has 19 heavy (non-hydrogen) atoms. The number of nitrogens with two attached hydrogens (primary N) is 1. The smallest absolute Gasteiger partial charge is 0.156 e. The standard InChI is InChI=1S/C14H13ClN4/c15-11-2-1-9-19-12(3-6-16)13(18-14(11)19)10-4-7-17-8-5-10/h1-2,4-5,7-9H,3,6,16H2. The molecule has 0 spiro atoms. The lowest BCUT2D eigenvalue weighted by molar-refractivity contribution is 0.907. The van der Waals surface area contributed by atoms with Crippen LogP contribution in [0.25, 0.3) is 16.9 Å². The van der Waals surface area contributed by atoms with E-state index in [1.54, 1.807) is 12.4 Å². The van der Waals surface area contributed by atoms with Gasteiger partial charge in [0.25, 0.3) is 0 Å². The molecule has 3 heterocycles. The van der Waals surface area contributed by atoms with Gasteiger partial charge in [-0.1, -0.05) is 11.6 Å². The first-order valence-corrected chi connectivity index (χ1v) is 6.45. The van der Waals surface area contributed by atoms with Crippen molar-refractivity contribution in [2.45, 2.75) is 6.42 Å². The molecule has 0 radical (unpaired) electrons. The average molecular weight is 273 g/mol. The van der Waals surface area contributed by atoms with Crippen molar-refractivity contribution in [3.8, 4) is 11.3 Å². The Bertz CT molecular complexity index is 706. The Hall–Kier alpha value is -1.91. The van der Waals surface area contributed by atoms with Crippen molar-refractivity contribution in [1.29, 1.82) is 0 Å². The molecule has 0 aliphatic heterocycles. The Morgan fingerprint density at radius 2 is 2.00 bits per heavy atom. The fourth-order valence-corrected chi connectivity index (χ4v) is 2.41. The van der Waals surface area contributed by atoms with Crippen LogP contribution in [0, 0.1) is 0 Å². The van der Waals surface area contributed by atoms with Crippen LogP contribution in [-0.4, -0.2) is 20.9 Å². The van der Waals surface area contributed by atoms with Crippen LogP contribution in [0.2, 0.25) is 5.02 Å². The van der Waals surface area contributed by atoms with Gasteiger partial charge in [0.05, 0.1) is 16.4 Å². The summed E-state index contributed by atoms with van der Waals surface area (Å²) in [6.45, 7) is 0.568. The summed E-state index contributed by atoms with van der Waals surface area (Å²) in [4.78, 5) is 8.68. The van der Waals surface area contributed by atoms with Crippen molar-refractivity contribution in [2.24, 2.45) is 5.73 Å². The van der Waals surface area contributed by atoms with Crippen LogP contribution in [0.4, 0.5) is 0 Å². The van der Waals surface area contributed by atoms with Crippen LogP contribution in [0.1, 0.15) is 5.69 Å². The summed E-state index contributed by atoms with van der Waals surface area (Å²) in [5.41, 5.74) is 9.49. The summed E-state index contributed by atoms with van der Waals surface area (Å²) < 4.78 is 2.00. The number of hydrogen-bond acceptors (Lipinski definition) is 3. The van der Waals surface area contributed by atoms with E-state index in [9.17, 15) is 0 Å². The molecule has 0 bridgehead atoms. The van der Waals surface area contributed by atoms with Crippen LogP contribution in [0.15, 0.2) is 42.9 Å². The first-order valence-electron chi connectivity index (χ1n) is 6.07. The van der Waals surface area contributed by atoms with Crippen molar-refractivity contribution in [3.63, 3.8) is 0 Å². The maximum atomic E-state index is 6.20. The third kappa shape index (κ3) is 2.09. The Labute approximate surface area is 115 Å². The van der Waals surface area contributed by atoms with E-state index < -0.39 is 0 Å². The molecule has 0 saturated carbocycles. The number of aromatic nitrogens is 3. The van der Waals surface area contributed by atoms with E-state index in [4.69, 9.17) is 17.3 Å². The molecular weight excluding hydrogens is 260 g/mol. The maximum absolute atomic E-state index is 6.20. The minimum atomic E-state index is 0.568. The minimum absolute atomic E-state index is 0.568. The molecule has 2 N–H and O–H groups in total. The summed E-state index contributed by atoms with van der Waals surface area (Å²) in [6, 6.07) is 7.63. The lowest BCUT2D eigenvalue weighted by Crippen LogP contribution is -2.06. The molecule has 0 aliphatic rings. The monoisotopic (exact) mass is 272 g/mol. The molecule has 0 unspecified atom stereocenters. The van der Waals surface area contributed by atoms with Gasteiger partial charge in [-0.05, 0) is 30.8 Å². The van der Waals surface area contributed by atoms with Crippen LogP contribution in [0.5, 0.6) is 0 Å². The van der Waals surface area contributed by atoms with E-state index in [1.165, 1.54) is 0 Å². The fraction of sp³-hybridized carbons (Fsp3) is 0.143. The van der Waals surface area contributed by atoms with Crippen molar-refractivity contribution in [3.05, 3.63) is 53.6 Å². The molecular formula is C14H13ClN4. The summed E-state index contributed by atoms with van der Waals surface area (Å²) >= 11 is 6.20. The van der Waals surface area contributed by atoms with Gasteiger partial charge in [-0.25, -0.2) is 4.98 Å². The number of hydrogen-bond donors (Lipinski definition) is 1. The van der Waals surface area contributed by atoms with E-state index in [2.05, 4.69) is 9.97 Å². The second kappa shape index (κ2) is 4.99. The second-order valence-electron chi connectivity index (χ2n) is 4.23. The van der Waals surface area contributed by atoms with Crippen LogP contribution in [-0.2, 0) is 6.42 Å². The number of rotatable bonds is 3. The van der Waals surface area contributed by atoms with Crippen LogP contribution >= 0.6 is 11.6 Å². The first-order chi connectivity index (χ1) is 9.31. The van der Waals surface area contributed by atoms with Gasteiger partial charge >= 0.3 is 0 Å². The van der Waals surface area contributed by atoms with Gasteiger partial charge in [0.15, 0.2) is 5.65 Å². The molecule has 96 valence electrons. The molecule has 0 fully saturated rings. The zero-order valence-electron chi connectivity index (χ0n) is 10.3. The predicted molar refractivity (Wildman–Crippen MR) is 76.2 cm³/mol. The second-order valence-corrected chi connectivity index (χ2v) is 4.64. The van der Waals surface area contributed by atoms with E-state index in [-0.39, 0.29) is 0 Å². The molecule has 0 amide bonds. The van der Waals surface area contributed by atoms with E-state index >= 15 is 0 Å².